The predicted octanol–water partition coefficient (Wildman–Crippen LogP) is 3.86. The molecule has 3 rings (SSSR count). The van der Waals surface area contributed by atoms with Gasteiger partial charge in [0.25, 0.3) is 0 Å². The Morgan fingerprint density at radius 1 is 1.19 bits per heavy atom. The highest BCUT2D eigenvalue weighted by Gasteiger charge is 2.30. The summed E-state index contributed by atoms with van der Waals surface area (Å²) >= 11 is 0. The Hall–Kier alpha value is -1.45. The molecule has 1 saturated carbocycles. The number of rotatable bonds is 4. The van der Waals surface area contributed by atoms with Crippen molar-refractivity contribution in [1.29, 1.82) is 0 Å². The number of fused-ring (bicyclic) bond motifs is 1. The molecule has 2 aromatic rings. The molecule has 0 saturated heterocycles. The first kappa shape index (κ1) is 14.5. The zero-order valence-corrected chi connectivity index (χ0v) is 12.5. The van der Waals surface area contributed by atoms with Crippen molar-refractivity contribution in [3.05, 3.63) is 42.1 Å². The number of hydrogen-bond donors (Lipinski definition) is 1. The summed E-state index contributed by atoms with van der Waals surface area (Å²) in [7, 11) is 1.71. The lowest BCUT2D eigenvalue weighted by atomic mass is 9.82. The van der Waals surface area contributed by atoms with Gasteiger partial charge in [-0.1, -0.05) is 37.5 Å². The van der Waals surface area contributed by atoms with Gasteiger partial charge in [-0.2, -0.15) is 0 Å². The molecule has 1 aliphatic carbocycles. The molecule has 1 fully saturated rings. The van der Waals surface area contributed by atoms with Crippen LogP contribution in [-0.2, 0) is 4.74 Å². The molecule has 1 aliphatic rings. The standard InChI is InChI=1S/C18H23NO2/c1-21-18(13-7-3-2-4-8-13)17(20)15-11-14-9-5-6-10-16(14)19-12-15/h5-6,9-13,17-18,20H,2-4,7-8H2,1H3. The van der Waals surface area contributed by atoms with Crippen LogP contribution in [0.5, 0.6) is 0 Å². The molecule has 0 spiro atoms. The van der Waals surface area contributed by atoms with Gasteiger partial charge in [-0.15, -0.1) is 0 Å². The number of para-hydroxylation sites is 1. The topological polar surface area (TPSA) is 42.4 Å². The number of methoxy groups -OCH3 is 1. The SMILES string of the molecule is COC(C1CCCCC1)C(O)c1cnc2ccccc2c1. The minimum atomic E-state index is -0.602. The van der Waals surface area contributed by atoms with Crippen molar-refractivity contribution in [2.75, 3.05) is 7.11 Å². The molecule has 0 aliphatic heterocycles. The molecule has 1 aromatic heterocycles. The van der Waals surface area contributed by atoms with Gasteiger partial charge in [-0.25, -0.2) is 0 Å². The van der Waals surface area contributed by atoms with E-state index in [4.69, 9.17) is 4.74 Å². The quantitative estimate of drug-likeness (QED) is 0.927. The van der Waals surface area contributed by atoms with Crippen LogP contribution >= 0.6 is 0 Å². The van der Waals surface area contributed by atoms with Gasteiger partial charge in [-0.05, 0) is 30.9 Å². The predicted molar refractivity (Wildman–Crippen MR) is 84.1 cm³/mol. The van der Waals surface area contributed by atoms with Crippen LogP contribution in [0.1, 0.15) is 43.8 Å². The fourth-order valence-electron chi connectivity index (χ4n) is 3.48. The Kier molecular flexibility index (Phi) is 4.51. The number of aliphatic hydroxyl groups is 1. The monoisotopic (exact) mass is 285 g/mol. The van der Waals surface area contributed by atoms with E-state index in [1.165, 1.54) is 19.3 Å². The highest BCUT2D eigenvalue weighted by Crippen LogP contribution is 2.34. The van der Waals surface area contributed by atoms with E-state index in [2.05, 4.69) is 4.98 Å². The first-order valence-corrected chi connectivity index (χ1v) is 7.85. The van der Waals surface area contributed by atoms with E-state index in [-0.39, 0.29) is 6.10 Å². The summed E-state index contributed by atoms with van der Waals surface area (Å²) in [6.45, 7) is 0. The van der Waals surface area contributed by atoms with Crippen LogP contribution in [0.15, 0.2) is 36.5 Å². The first-order valence-electron chi connectivity index (χ1n) is 7.85. The molecule has 0 radical (unpaired) electrons. The van der Waals surface area contributed by atoms with Gasteiger partial charge < -0.3 is 9.84 Å². The van der Waals surface area contributed by atoms with Crippen molar-refractivity contribution < 1.29 is 9.84 Å². The van der Waals surface area contributed by atoms with Gasteiger partial charge in [-0.3, -0.25) is 4.98 Å². The van der Waals surface area contributed by atoms with Gasteiger partial charge in [0.2, 0.25) is 0 Å². The number of benzene rings is 1. The highest BCUT2D eigenvalue weighted by atomic mass is 16.5. The summed E-state index contributed by atoms with van der Waals surface area (Å²) in [5.74, 6) is 0.449. The first-order chi connectivity index (χ1) is 10.3. The van der Waals surface area contributed by atoms with E-state index >= 15 is 0 Å². The van der Waals surface area contributed by atoms with E-state index in [9.17, 15) is 5.11 Å². The maximum Gasteiger partial charge on any atom is 0.107 e. The van der Waals surface area contributed by atoms with Gasteiger partial charge in [0.1, 0.15) is 6.10 Å². The lowest BCUT2D eigenvalue weighted by Gasteiger charge is -2.32. The van der Waals surface area contributed by atoms with Crippen molar-refractivity contribution in [2.24, 2.45) is 5.92 Å². The lowest BCUT2D eigenvalue weighted by molar-refractivity contribution is -0.0559. The summed E-state index contributed by atoms with van der Waals surface area (Å²) in [6.07, 6.45) is 7.14. The average Bonchev–Trinajstić information content (AvgIpc) is 2.56. The summed E-state index contributed by atoms with van der Waals surface area (Å²) in [5.41, 5.74) is 1.81. The van der Waals surface area contributed by atoms with E-state index < -0.39 is 6.10 Å². The highest BCUT2D eigenvalue weighted by molar-refractivity contribution is 5.78. The van der Waals surface area contributed by atoms with Crippen LogP contribution in [-0.4, -0.2) is 23.3 Å². The van der Waals surface area contributed by atoms with Crippen LogP contribution in [0.25, 0.3) is 10.9 Å². The second-order valence-corrected chi connectivity index (χ2v) is 6.00. The molecule has 3 nitrogen and oxygen atoms in total. The fourth-order valence-corrected chi connectivity index (χ4v) is 3.48. The number of aromatic nitrogens is 1. The van der Waals surface area contributed by atoms with E-state index in [0.717, 1.165) is 29.3 Å². The van der Waals surface area contributed by atoms with Crippen molar-refractivity contribution in [3.8, 4) is 0 Å². The Bertz CT molecular complexity index is 593. The summed E-state index contributed by atoms with van der Waals surface area (Å²) in [5, 5.41) is 11.8. The third-order valence-electron chi connectivity index (χ3n) is 4.65. The Balaban J connectivity index is 1.84. The second-order valence-electron chi connectivity index (χ2n) is 6.00. The minimum Gasteiger partial charge on any atom is -0.386 e. The molecule has 0 bridgehead atoms. The fraction of sp³-hybridized carbons (Fsp3) is 0.500. The molecule has 21 heavy (non-hydrogen) atoms. The molecular weight excluding hydrogens is 262 g/mol. The third-order valence-corrected chi connectivity index (χ3v) is 4.65. The van der Waals surface area contributed by atoms with Crippen molar-refractivity contribution in [2.45, 2.75) is 44.3 Å². The number of nitrogens with zero attached hydrogens (tertiary/aromatic N) is 1. The Morgan fingerprint density at radius 3 is 2.71 bits per heavy atom. The third kappa shape index (κ3) is 3.09. The zero-order valence-electron chi connectivity index (χ0n) is 12.5. The maximum absolute atomic E-state index is 10.7. The van der Waals surface area contributed by atoms with Gasteiger partial charge in [0.05, 0.1) is 11.6 Å². The number of hydrogen-bond acceptors (Lipinski definition) is 3. The number of pyridine rings is 1. The molecule has 0 amide bonds. The average molecular weight is 285 g/mol. The lowest BCUT2D eigenvalue weighted by Crippen LogP contribution is -2.31. The number of ether oxygens (including phenoxy) is 1. The summed E-state index contributed by atoms with van der Waals surface area (Å²) in [4.78, 5) is 4.45. The molecule has 112 valence electrons. The molecule has 1 heterocycles. The van der Waals surface area contributed by atoms with Crippen molar-refractivity contribution >= 4 is 10.9 Å². The van der Waals surface area contributed by atoms with Crippen LogP contribution in [0.2, 0.25) is 0 Å². The van der Waals surface area contributed by atoms with Gasteiger partial charge in [0.15, 0.2) is 0 Å². The molecule has 2 atom stereocenters. The minimum absolute atomic E-state index is 0.131. The van der Waals surface area contributed by atoms with Gasteiger partial charge >= 0.3 is 0 Å². The van der Waals surface area contributed by atoms with Gasteiger partial charge in [0, 0.05) is 24.3 Å². The maximum atomic E-state index is 10.7. The number of aliphatic hydroxyl groups excluding tert-OH is 1. The molecule has 3 heteroatoms. The molecule has 1 N–H and O–H groups in total. The normalized spacial score (nSPS) is 19.5. The van der Waals surface area contributed by atoms with Crippen LogP contribution < -0.4 is 0 Å². The molecule has 2 unspecified atom stereocenters. The second kappa shape index (κ2) is 6.54. The van der Waals surface area contributed by atoms with Crippen LogP contribution in [0.4, 0.5) is 0 Å². The molecule has 1 aromatic carbocycles. The van der Waals surface area contributed by atoms with Crippen LogP contribution in [0, 0.1) is 5.92 Å². The Morgan fingerprint density at radius 2 is 1.95 bits per heavy atom. The van der Waals surface area contributed by atoms with E-state index in [1.807, 2.05) is 30.3 Å². The van der Waals surface area contributed by atoms with Crippen LogP contribution in [0.3, 0.4) is 0 Å². The smallest absolute Gasteiger partial charge is 0.107 e. The van der Waals surface area contributed by atoms with E-state index in [0.29, 0.717) is 5.92 Å². The molecular formula is C18H23NO2. The Labute approximate surface area is 126 Å². The summed E-state index contributed by atoms with van der Waals surface area (Å²) < 4.78 is 5.64. The van der Waals surface area contributed by atoms with Crippen molar-refractivity contribution in [3.63, 3.8) is 0 Å². The van der Waals surface area contributed by atoms with Crippen molar-refractivity contribution in [1.82, 2.24) is 4.98 Å². The summed E-state index contributed by atoms with van der Waals surface area (Å²) in [6, 6.07) is 10.0. The zero-order chi connectivity index (χ0) is 14.7. The largest absolute Gasteiger partial charge is 0.386 e. The van der Waals surface area contributed by atoms with E-state index in [1.54, 1.807) is 13.3 Å².